The highest BCUT2D eigenvalue weighted by molar-refractivity contribution is 5.53. The number of anilines is 1. The smallest absolute Gasteiger partial charge is 0.115 e. The molecule has 0 unspecified atom stereocenters. The molecule has 21 heavy (non-hydrogen) atoms. The van der Waals surface area contributed by atoms with Gasteiger partial charge in [-0.1, -0.05) is 18.2 Å². The van der Waals surface area contributed by atoms with Crippen LogP contribution in [0.4, 0.5) is 5.69 Å². The van der Waals surface area contributed by atoms with Gasteiger partial charge < -0.3 is 10.4 Å². The quantitative estimate of drug-likeness (QED) is 0.721. The molecule has 1 aromatic heterocycles. The van der Waals surface area contributed by atoms with Crippen molar-refractivity contribution in [2.45, 2.75) is 13.5 Å². The molecule has 106 valence electrons. The maximum absolute atomic E-state index is 9.40. The second-order valence-electron chi connectivity index (χ2n) is 4.81. The molecule has 0 spiro atoms. The highest BCUT2D eigenvalue weighted by Crippen LogP contribution is 2.20. The van der Waals surface area contributed by atoms with Crippen LogP contribution in [0.5, 0.6) is 5.75 Å². The number of para-hydroxylation sites is 1. The maximum atomic E-state index is 9.40. The number of phenols is 1. The van der Waals surface area contributed by atoms with Crippen LogP contribution < -0.4 is 5.32 Å². The van der Waals surface area contributed by atoms with E-state index in [2.05, 4.69) is 15.5 Å². The molecule has 3 rings (SSSR count). The number of hydrogen-bond acceptors (Lipinski definition) is 4. The fourth-order valence-electron chi connectivity index (χ4n) is 2.09. The molecule has 0 atom stereocenters. The molecule has 0 aliphatic carbocycles. The van der Waals surface area contributed by atoms with E-state index in [1.807, 2.05) is 43.3 Å². The molecule has 3 aromatic rings. The van der Waals surface area contributed by atoms with Crippen LogP contribution in [-0.2, 0) is 6.54 Å². The van der Waals surface area contributed by atoms with E-state index in [-0.39, 0.29) is 5.75 Å². The zero-order valence-electron chi connectivity index (χ0n) is 11.7. The Morgan fingerprint density at radius 1 is 1.14 bits per heavy atom. The molecule has 1 heterocycles. The zero-order chi connectivity index (χ0) is 14.7. The molecule has 0 fully saturated rings. The van der Waals surface area contributed by atoms with Crippen molar-refractivity contribution in [3.63, 3.8) is 0 Å². The van der Waals surface area contributed by atoms with Gasteiger partial charge in [0.25, 0.3) is 0 Å². The van der Waals surface area contributed by atoms with Crippen molar-refractivity contribution in [2.24, 2.45) is 0 Å². The van der Waals surface area contributed by atoms with Gasteiger partial charge in [0.05, 0.1) is 18.4 Å². The predicted octanol–water partition coefficient (Wildman–Crippen LogP) is 2.89. The zero-order valence-corrected chi connectivity index (χ0v) is 11.7. The summed E-state index contributed by atoms with van der Waals surface area (Å²) >= 11 is 0. The first-order valence-corrected chi connectivity index (χ1v) is 6.72. The Labute approximate surface area is 122 Å². The van der Waals surface area contributed by atoms with Gasteiger partial charge in [-0.05, 0) is 42.8 Å². The highest BCUT2D eigenvalue weighted by atomic mass is 16.3. The van der Waals surface area contributed by atoms with E-state index in [4.69, 9.17) is 0 Å². The average molecular weight is 280 g/mol. The Morgan fingerprint density at radius 2 is 1.95 bits per heavy atom. The molecule has 0 amide bonds. The van der Waals surface area contributed by atoms with Gasteiger partial charge >= 0.3 is 0 Å². The van der Waals surface area contributed by atoms with Gasteiger partial charge in [-0.25, -0.2) is 0 Å². The number of aryl methyl sites for hydroxylation is 1. The van der Waals surface area contributed by atoms with Gasteiger partial charge in [-0.2, -0.15) is 15.0 Å². The van der Waals surface area contributed by atoms with Crippen LogP contribution in [0.3, 0.4) is 0 Å². The van der Waals surface area contributed by atoms with Crippen molar-refractivity contribution in [1.29, 1.82) is 0 Å². The molecule has 2 N–H and O–H groups in total. The Balaban J connectivity index is 1.70. The van der Waals surface area contributed by atoms with Gasteiger partial charge in [0.15, 0.2) is 0 Å². The SMILES string of the molecule is Cc1cc(O)ccc1NCc1cnn(-c2ccccc2)n1. The summed E-state index contributed by atoms with van der Waals surface area (Å²) in [6.07, 6.45) is 1.75. The lowest BCUT2D eigenvalue weighted by molar-refractivity contribution is 0.475. The molecule has 2 aromatic carbocycles. The number of nitrogens with one attached hydrogen (secondary N) is 1. The van der Waals surface area contributed by atoms with E-state index >= 15 is 0 Å². The molecule has 0 radical (unpaired) electrons. The second kappa shape index (κ2) is 5.66. The third-order valence-electron chi connectivity index (χ3n) is 3.20. The van der Waals surface area contributed by atoms with Crippen LogP contribution in [0.15, 0.2) is 54.7 Å². The van der Waals surface area contributed by atoms with Crippen LogP contribution in [0.2, 0.25) is 0 Å². The fraction of sp³-hybridized carbons (Fsp3) is 0.125. The molecular formula is C16H16N4O. The number of rotatable bonds is 4. The van der Waals surface area contributed by atoms with Gasteiger partial charge in [0.2, 0.25) is 0 Å². The molecule has 0 aliphatic heterocycles. The first kappa shape index (κ1) is 13.2. The minimum Gasteiger partial charge on any atom is -0.508 e. The fourth-order valence-corrected chi connectivity index (χ4v) is 2.09. The van der Waals surface area contributed by atoms with Crippen molar-refractivity contribution < 1.29 is 5.11 Å². The van der Waals surface area contributed by atoms with E-state index in [0.29, 0.717) is 6.54 Å². The van der Waals surface area contributed by atoms with Crippen molar-refractivity contribution in [2.75, 3.05) is 5.32 Å². The number of phenolic OH excluding ortho intramolecular Hbond substituents is 1. The molecule has 0 aliphatic rings. The average Bonchev–Trinajstić information content (AvgIpc) is 2.96. The number of nitrogens with zero attached hydrogens (tertiary/aromatic N) is 3. The van der Waals surface area contributed by atoms with Crippen LogP contribution in [0.25, 0.3) is 5.69 Å². The van der Waals surface area contributed by atoms with Crippen LogP contribution in [0.1, 0.15) is 11.3 Å². The molecule has 0 bridgehead atoms. The Morgan fingerprint density at radius 3 is 2.71 bits per heavy atom. The number of hydrogen-bond donors (Lipinski definition) is 2. The van der Waals surface area contributed by atoms with Gasteiger partial charge in [-0.3, -0.25) is 0 Å². The van der Waals surface area contributed by atoms with Crippen molar-refractivity contribution in [1.82, 2.24) is 15.0 Å². The van der Waals surface area contributed by atoms with Crippen molar-refractivity contribution in [3.05, 3.63) is 66.0 Å². The van der Waals surface area contributed by atoms with E-state index in [9.17, 15) is 5.11 Å². The molecular weight excluding hydrogens is 264 g/mol. The van der Waals surface area contributed by atoms with Crippen molar-refractivity contribution >= 4 is 5.69 Å². The summed E-state index contributed by atoms with van der Waals surface area (Å²) in [7, 11) is 0. The lowest BCUT2D eigenvalue weighted by Crippen LogP contribution is -2.03. The van der Waals surface area contributed by atoms with E-state index in [1.165, 1.54) is 0 Å². The Hall–Kier alpha value is -2.82. The predicted molar refractivity (Wildman–Crippen MR) is 81.5 cm³/mol. The van der Waals surface area contributed by atoms with E-state index < -0.39 is 0 Å². The maximum Gasteiger partial charge on any atom is 0.115 e. The third kappa shape index (κ3) is 3.02. The molecule has 5 heteroatoms. The third-order valence-corrected chi connectivity index (χ3v) is 3.20. The minimum absolute atomic E-state index is 0.271. The summed E-state index contributed by atoms with van der Waals surface area (Å²) in [6.45, 7) is 2.53. The Kier molecular flexibility index (Phi) is 3.55. The summed E-state index contributed by atoms with van der Waals surface area (Å²) in [5.74, 6) is 0.271. The van der Waals surface area contributed by atoms with Crippen LogP contribution >= 0.6 is 0 Å². The summed E-state index contributed by atoms with van der Waals surface area (Å²) in [6, 6.07) is 15.0. The lowest BCUT2D eigenvalue weighted by atomic mass is 10.2. The highest BCUT2D eigenvalue weighted by Gasteiger charge is 2.04. The minimum atomic E-state index is 0.271. The lowest BCUT2D eigenvalue weighted by Gasteiger charge is -2.08. The summed E-state index contributed by atoms with van der Waals surface area (Å²) in [4.78, 5) is 1.61. The normalized spacial score (nSPS) is 10.5. The second-order valence-corrected chi connectivity index (χ2v) is 4.81. The molecule has 0 saturated heterocycles. The number of benzene rings is 2. The summed E-state index contributed by atoms with van der Waals surface area (Å²) in [5, 5.41) is 21.4. The molecule has 5 nitrogen and oxygen atoms in total. The standard InChI is InChI=1S/C16H16N4O/c1-12-9-15(21)7-8-16(12)17-10-13-11-18-20(19-13)14-5-3-2-4-6-14/h2-9,11,17,21H,10H2,1H3. The first-order valence-electron chi connectivity index (χ1n) is 6.72. The molecule has 0 saturated carbocycles. The van der Waals surface area contributed by atoms with E-state index in [0.717, 1.165) is 22.6 Å². The monoisotopic (exact) mass is 280 g/mol. The van der Waals surface area contributed by atoms with Crippen molar-refractivity contribution in [3.8, 4) is 11.4 Å². The largest absolute Gasteiger partial charge is 0.508 e. The Bertz CT molecular complexity index is 737. The van der Waals surface area contributed by atoms with Gasteiger partial charge in [0, 0.05) is 5.69 Å². The topological polar surface area (TPSA) is 63.0 Å². The van der Waals surface area contributed by atoms with Crippen LogP contribution in [-0.4, -0.2) is 20.1 Å². The summed E-state index contributed by atoms with van der Waals surface area (Å²) < 4.78 is 0. The van der Waals surface area contributed by atoms with Gasteiger partial charge in [-0.15, -0.1) is 0 Å². The summed E-state index contributed by atoms with van der Waals surface area (Å²) in [5.41, 5.74) is 3.75. The first-order chi connectivity index (χ1) is 10.2. The van der Waals surface area contributed by atoms with Crippen LogP contribution in [0, 0.1) is 6.92 Å². The van der Waals surface area contributed by atoms with E-state index in [1.54, 1.807) is 23.1 Å². The van der Waals surface area contributed by atoms with Gasteiger partial charge in [0.1, 0.15) is 11.4 Å². The number of aromatic hydroxyl groups is 1. The number of aromatic nitrogens is 3.